The van der Waals surface area contributed by atoms with E-state index in [0.29, 0.717) is 16.9 Å². The van der Waals surface area contributed by atoms with Crippen molar-refractivity contribution in [2.75, 3.05) is 32.1 Å². The zero-order chi connectivity index (χ0) is 46.4. The maximum Gasteiger partial charge on any atom is 0.327 e. The van der Waals surface area contributed by atoms with Crippen molar-refractivity contribution in [3.63, 3.8) is 0 Å². The molecule has 12 N–H and O–H groups in total. The van der Waals surface area contributed by atoms with Crippen molar-refractivity contribution >= 4 is 59.3 Å². The van der Waals surface area contributed by atoms with Gasteiger partial charge in [-0.1, -0.05) is 24.3 Å². The number of nitrogens with two attached hydrogens (primary N) is 1. The summed E-state index contributed by atoms with van der Waals surface area (Å²) in [6.45, 7) is 0.941. The maximum atomic E-state index is 14.1. The number of benzene rings is 2. The molecule has 0 spiro atoms. The lowest BCUT2D eigenvalue weighted by Gasteiger charge is -2.34. The van der Waals surface area contributed by atoms with Gasteiger partial charge in [-0.15, -0.1) is 0 Å². The predicted molar refractivity (Wildman–Crippen MR) is 225 cm³/mol. The molecule has 4 rings (SSSR count). The minimum Gasteiger partial charge on any atom is -0.508 e. The van der Waals surface area contributed by atoms with E-state index in [1.165, 1.54) is 56.1 Å². The monoisotopic (exact) mass is 899 g/mol. The standard InChI is InChI=1S/C40H53N9O13S/c1-21(48(2)36(57)28(43-32(54)19-41)16-22-6-4-8-24(50)14-22)33(35(56)42-20-26-18-30(52)37(62-26)49-12-10-31(53)46-40(49)61)47-34(55)27(11-13-63-3)44-39(60)45-29(38(58)59)17-23-7-5-9-25(51)15-23/h4-9,14-15,20-21,27-30,33,37,50-52H,10-13,16-19,41H2,1-3H3,(H,42,56)(H,43,54)(H,47,55)(H,58,59)(H2,44,45,60)(H,46,53,61)/b26-20+/t21?,27-,28-,29?,30?,33+,37?/m0/s1. The number of rotatable bonds is 20. The van der Waals surface area contributed by atoms with Crippen molar-refractivity contribution in [2.24, 2.45) is 5.73 Å². The number of thioether (sulfide) groups is 1. The van der Waals surface area contributed by atoms with Crippen LogP contribution in [0.3, 0.4) is 0 Å². The average Bonchev–Trinajstić information content (AvgIpc) is 3.61. The van der Waals surface area contributed by atoms with E-state index in [0.717, 1.165) is 16.0 Å². The van der Waals surface area contributed by atoms with Gasteiger partial charge in [-0.25, -0.2) is 14.4 Å². The summed E-state index contributed by atoms with van der Waals surface area (Å²) in [6, 6.07) is 3.09. The number of carbonyl (C=O) groups is 8. The molecule has 63 heavy (non-hydrogen) atoms. The molecular formula is C40H53N9O13S. The molecule has 2 aromatic carbocycles. The van der Waals surface area contributed by atoms with Crippen molar-refractivity contribution in [1.29, 1.82) is 0 Å². The highest BCUT2D eigenvalue weighted by Crippen LogP contribution is 2.27. The summed E-state index contributed by atoms with van der Waals surface area (Å²) < 4.78 is 5.76. The number of carbonyl (C=O) groups excluding carboxylic acids is 7. The van der Waals surface area contributed by atoms with Gasteiger partial charge >= 0.3 is 18.0 Å². The first-order valence-corrected chi connectivity index (χ1v) is 21.2. The number of likely N-dealkylation sites (N-methyl/N-ethyl adjacent to an activating group) is 1. The highest BCUT2D eigenvalue weighted by Gasteiger charge is 2.41. The molecule has 2 aliphatic heterocycles. The van der Waals surface area contributed by atoms with Gasteiger partial charge in [0.25, 0.3) is 0 Å². The summed E-state index contributed by atoms with van der Waals surface area (Å²) >= 11 is 1.33. The molecular weight excluding hydrogens is 847 g/mol. The van der Waals surface area contributed by atoms with Crippen LogP contribution in [0.2, 0.25) is 0 Å². The number of phenolic OH excluding ortho intramolecular Hbond substituents is 2. The Morgan fingerprint density at radius 2 is 1.57 bits per heavy atom. The summed E-state index contributed by atoms with van der Waals surface area (Å²) in [7, 11) is 1.33. The Kier molecular flexibility index (Phi) is 17.9. The second-order valence-electron chi connectivity index (χ2n) is 14.8. The number of urea groups is 2. The number of carboxylic acids is 1. The summed E-state index contributed by atoms with van der Waals surface area (Å²) in [5.41, 5.74) is 6.41. The molecule has 0 radical (unpaired) electrons. The quantitative estimate of drug-likeness (QED) is 0.0724. The molecule has 22 nitrogen and oxygen atoms in total. The number of aromatic hydroxyl groups is 2. The molecule has 4 unspecified atom stereocenters. The zero-order valence-electron chi connectivity index (χ0n) is 34.7. The maximum absolute atomic E-state index is 14.1. The van der Waals surface area contributed by atoms with E-state index in [-0.39, 0.29) is 55.9 Å². The molecule has 0 aromatic heterocycles. The van der Waals surface area contributed by atoms with Gasteiger partial charge in [-0.3, -0.25) is 34.2 Å². The smallest absolute Gasteiger partial charge is 0.327 e. The van der Waals surface area contributed by atoms with Crippen LogP contribution >= 0.6 is 11.8 Å². The SMILES string of the molecule is CSCC[C@H](NC(=O)NC(Cc1cccc(O)c1)C(=O)O)C(=O)N[C@@H](C(=O)N/C=C1\CC(O)C(N2CCC(=O)NC2=O)O1)C(C)N(C)C(=O)[C@H](Cc1cccc(O)c1)NC(=O)CN. The topological polar surface area (TPSA) is 331 Å². The first-order chi connectivity index (χ1) is 29.9. The van der Waals surface area contributed by atoms with Gasteiger partial charge in [0.1, 0.15) is 47.5 Å². The number of hydrogen-bond acceptors (Lipinski definition) is 14. The van der Waals surface area contributed by atoms with Crippen LogP contribution in [0.1, 0.15) is 37.3 Å². The Hall–Kier alpha value is -6.59. The molecule has 2 fully saturated rings. The Morgan fingerprint density at radius 3 is 2.14 bits per heavy atom. The zero-order valence-corrected chi connectivity index (χ0v) is 35.6. The summed E-state index contributed by atoms with van der Waals surface area (Å²) in [5.74, 6) is -4.95. The second-order valence-corrected chi connectivity index (χ2v) is 15.8. The number of carboxylic acid groups (broad SMARTS) is 1. The van der Waals surface area contributed by atoms with Gasteiger partial charge in [-0.2, -0.15) is 11.8 Å². The Bertz CT molecular complexity index is 2060. The van der Waals surface area contributed by atoms with Gasteiger partial charge < -0.3 is 62.4 Å². The van der Waals surface area contributed by atoms with Crippen LogP contribution < -0.4 is 37.6 Å². The first-order valence-electron chi connectivity index (χ1n) is 19.8. The third kappa shape index (κ3) is 14.2. The van der Waals surface area contributed by atoms with Crippen LogP contribution in [0, 0.1) is 0 Å². The van der Waals surface area contributed by atoms with Crippen LogP contribution in [0.15, 0.2) is 60.5 Å². The van der Waals surface area contributed by atoms with Crippen molar-refractivity contribution in [2.45, 2.75) is 81.6 Å². The number of imide groups is 1. The number of ether oxygens (including phenoxy) is 1. The minimum absolute atomic E-state index is 0.00611. The third-order valence-electron chi connectivity index (χ3n) is 10.2. The van der Waals surface area contributed by atoms with Crippen LogP contribution in [0.4, 0.5) is 9.59 Å². The third-order valence-corrected chi connectivity index (χ3v) is 10.8. The predicted octanol–water partition coefficient (Wildman–Crippen LogP) is -1.46. The Balaban J connectivity index is 1.59. The molecule has 0 aliphatic carbocycles. The largest absolute Gasteiger partial charge is 0.508 e. The van der Waals surface area contributed by atoms with Gasteiger partial charge in [0, 0.05) is 45.5 Å². The fraction of sp³-hybridized carbons (Fsp3) is 0.450. The molecule has 2 heterocycles. The van der Waals surface area contributed by atoms with Crippen molar-refractivity contribution in [1.82, 2.24) is 41.7 Å². The van der Waals surface area contributed by atoms with Crippen LogP contribution in [0.5, 0.6) is 11.5 Å². The van der Waals surface area contributed by atoms with Gasteiger partial charge in [0.15, 0.2) is 0 Å². The van der Waals surface area contributed by atoms with E-state index < -0.39 is 96.7 Å². The number of amides is 9. The summed E-state index contributed by atoms with van der Waals surface area (Å²) in [5, 5.41) is 55.0. The van der Waals surface area contributed by atoms with Gasteiger partial charge in [0.05, 0.1) is 12.6 Å². The molecule has 2 aliphatic rings. The molecule has 2 aromatic rings. The fourth-order valence-corrected chi connectivity index (χ4v) is 7.17. The first kappa shape index (κ1) is 49.1. The van der Waals surface area contributed by atoms with Crippen molar-refractivity contribution in [3.8, 4) is 11.5 Å². The fourth-order valence-electron chi connectivity index (χ4n) is 6.70. The minimum atomic E-state index is -1.60. The Labute approximate surface area is 366 Å². The van der Waals surface area contributed by atoms with E-state index >= 15 is 0 Å². The van der Waals surface area contributed by atoms with E-state index in [2.05, 4.69) is 31.9 Å². The lowest BCUT2D eigenvalue weighted by molar-refractivity contribution is -0.140. The van der Waals surface area contributed by atoms with Crippen molar-refractivity contribution < 1.29 is 63.5 Å². The van der Waals surface area contributed by atoms with Crippen LogP contribution in [-0.4, -0.2) is 152 Å². The molecule has 23 heteroatoms. The molecule has 7 atom stereocenters. The average molecular weight is 900 g/mol. The number of aliphatic carboxylic acids is 1. The Morgan fingerprint density at radius 1 is 0.952 bits per heavy atom. The lowest BCUT2D eigenvalue weighted by atomic mass is 10.0. The molecule has 0 saturated carbocycles. The highest BCUT2D eigenvalue weighted by atomic mass is 32.2. The van der Waals surface area contributed by atoms with E-state index in [9.17, 15) is 58.8 Å². The molecule has 2 saturated heterocycles. The summed E-state index contributed by atoms with van der Waals surface area (Å²) in [4.78, 5) is 106. The van der Waals surface area contributed by atoms with Crippen LogP contribution in [0.25, 0.3) is 0 Å². The normalized spacial score (nSPS) is 19.0. The van der Waals surface area contributed by atoms with Crippen LogP contribution in [-0.2, 0) is 46.3 Å². The van der Waals surface area contributed by atoms with Gasteiger partial charge in [-0.05, 0) is 60.7 Å². The van der Waals surface area contributed by atoms with Crippen molar-refractivity contribution in [3.05, 3.63) is 71.6 Å². The van der Waals surface area contributed by atoms with E-state index in [4.69, 9.17) is 10.5 Å². The van der Waals surface area contributed by atoms with Gasteiger partial charge in [0.2, 0.25) is 35.8 Å². The molecule has 342 valence electrons. The highest BCUT2D eigenvalue weighted by molar-refractivity contribution is 7.98. The summed E-state index contributed by atoms with van der Waals surface area (Å²) in [6.07, 6.45) is -0.0827. The molecule has 9 amide bonds. The number of nitrogens with zero attached hydrogens (tertiary/aromatic N) is 2. The molecule has 0 bridgehead atoms. The second kappa shape index (κ2) is 23.0. The lowest BCUT2D eigenvalue weighted by Crippen LogP contribution is -2.62. The van der Waals surface area contributed by atoms with E-state index in [1.54, 1.807) is 24.5 Å². The number of phenols is 2. The number of hydrogen-bond donors (Lipinski definition) is 11. The number of aliphatic hydroxyl groups is 1. The number of aliphatic hydroxyl groups excluding tert-OH is 1. The van der Waals surface area contributed by atoms with E-state index in [1.807, 2.05) is 0 Å². The number of nitrogens with one attached hydrogen (secondary N) is 6.